The molecule has 15 heavy (non-hydrogen) atoms. The highest BCUT2D eigenvalue weighted by Crippen LogP contribution is 2.23. The van der Waals surface area contributed by atoms with Gasteiger partial charge in [0, 0.05) is 11.0 Å². The third-order valence-corrected chi connectivity index (χ3v) is 4.34. The van der Waals surface area contributed by atoms with Crippen molar-refractivity contribution in [1.29, 1.82) is 0 Å². The zero-order valence-corrected chi connectivity index (χ0v) is 11.7. The lowest BCUT2D eigenvalue weighted by molar-refractivity contribution is 0.0939. The molecule has 0 saturated heterocycles. The van der Waals surface area contributed by atoms with Gasteiger partial charge in [-0.3, -0.25) is 4.79 Å². The summed E-state index contributed by atoms with van der Waals surface area (Å²) in [4.78, 5) is 12.5. The first-order valence-corrected chi connectivity index (χ1v) is 6.65. The molecular weight excluding hydrogens is 274 g/mol. The van der Waals surface area contributed by atoms with Crippen LogP contribution in [0.25, 0.3) is 0 Å². The molecule has 0 bridgehead atoms. The minimum atomic E-state index is 0.0124. The average Bonchev–Trinajstić information content (AvgIpc) is 2.61. The van der Waals surface area contributed by atoms with Crippen molar-refractivity contribution in [3.05, 3.63) is 20.8 Å². The molecule has 0 radical (unpaired) electrons. The summed E-state index contributed by atoms with van der Waals surface area (Å²) in [5.41, 5.74) is 0.166. The molecule has 0 aliphatic carbocycles. The van der Waals surface area contributed by atoms with Crippen LogP contribution in [0.5, 0.6) is 0 Å². The summed E-state index contributed by atoms with van der Waals surface area (Å²) in [5.74, 6) is 0.0124. The molecule has 4 heteroatoms. The number of nitrogens with one attached hydrogen (secondary N) is 1. The van der Waals surface area contributed by atoms with E-state index in [0.29, 0.717) is 6.54 Å². The Morgan fingerprint density at radius 1 is 1.60 bits per heavy atom. The fraction of sp³-hybridized carbons (Fsp3) is 0.545. The first-order valence-electron chi connectivity index (χ1n) is 4.97. The lowest BCUT2D eigenvalue weighted by Crippen LogP contribution is -2.33. The van der Waals surface area contributed by atoms with Crippen LogP contribution in [-0.2, 0) is 0 Å². The molecule has 0 saturated carbocycles. The van der Waals surface area contributed by atoms with Gasteiger partial charge in [0.25, 0.3) is 5.91 Å². The summed E-state index contributed by atoms with van der Waals surface area (Å²) in [6, 6.07) is 1.89. The van der Waals surface area contributed by atoms with Gasteiger partial charge in [0.2, 0.25) is 0 Å². The molecule has 1 rings (SSSR count). The quantitative estimate of drug-likeness (QED) is 0.900. The average molecular weight is 290 g/mol. The number of hydrogen-bond acceptors (Lipinski definition) is 2. The van der Waals surface area contributed by atoms with Gasteiger partial charge in [0.05, 0.1) is 0 Å². The fourth-order valence-corrected chi connectivity index (χ4v) is 2.45. The Morgan fingerprint density at radius 2 is 2.27 bits per heavy atom. The van der Waals surface area contributed by atoms with Gasteiger partial charge in [-0.25, -0.2) is 0 Å². The summed E-state index contributed by atoms with van der Waals surface area (Å²) in [7, 11) is 0. The number of rotatable bonds is 4. The van der Waals surface area contributed by atoms with Crippen LogP contribution >= 0.6 is 27.3 Å². The monoisotopic (exact) mass is 289 g/mol. The van der Waals surface area contributed by atoms with Crippen molar-refractivity contribution < 1.29 is 4.79 Å². The molecular formula is C11H16BrNOS. The van der Waals surface area contributed by atoms with Crippen molar-refractivity contribution in [2.75, 3.05) is 6.54 Å². The van der Waals surface area contributed by atoms with Crippen LogP contribution in [0.2, 0.25) is 0 Å². The van der Waals surface area contributed by atoms with E-state index in [-0.39, 0.29) is 11.3 Å². The van der Waals surface area contributed by atoms with Crippen LogP contribution in [0.15, 0.2) is 15.9 Å². The van der Waals surface area contributed by atoms with Crippen LogP contribution in [0, 0.1) is 5.41 Å². The van der Waals surface area contributed by atoms with E-state index in [1.807, 2.05) is 11.4 Å². The van der Waals surface area contributed by atoms with E-state index in [2.05, 4.69) is 42.0 Å². The molecule has 1 N–H and O–H groups in total. The number of thiophene rings is 1. The SMILES string of the molecule is CCC(C)(C)CNC(=O)c1sccc1Br. The predicted octanol–water partition coefficient (Wildman–Crippen LogP) is 3.68. The molecule has 0 spiro atoms. The Morgan fingerprint density at radius 3 is 2.73 bits per heavy atom. The van der Waals surface area contributed by atoms with Crippen molar-refractivity contribution in [1.82, 2.24) is 5.32 Å². The summed E-state index contributed by atoms with van der Waals surface area (Å²) < 4.78 is 0.874. The molecule has 2 nitrogen and oxygen atoms in total. The molecule has 0 aromatic carbocycles. The lowest BCUT2D eigenvalue weighted by Gasteiger charge is -2.22. The number of carbonyl (C=O) groups is 1. The van der Waals surface area contributed by atoms with Gasteiger partial charge in [-0.05, 0) is 39.2 Å². The van der Waals surface area contributed by atoms with Crippen molar-refractivity contribution in [3.8, 4) is 0 Å². The summed E-state index contributed by atoms with van der Waals surface area (Å²) in [6.07, 6.45) is 1.05. The number of amides is 1. The first kappa shape index (κ1) is 12.7. The molecule has 1 heterocycles. The Labute approximate surface area is 103 Å². The molecule has 0 atom stereocenters. The predicted molar refractivity (Wildman–Crippen MR) is 68.4 cm³/mol. The van der Waals surface area contributed by atoms with Gasteiger partial charge in [-0.15, -0.1) is 11.3 Å². The first-order chi connectivity index (χ1) is 6.96. The van der Waals surface area contributed by atoms with Crippen molar-refractivity contribution in [2.45, 2.75) is 27.2 Å². The minimum absolute atomic E-state index is 0.0124. The zero-order valence-electron chi connectivity index (χ0n) is 9.26. The maximum absolute atomic E-state index is 11.8. The van der Waals surface area contributed by atoms with Gasteiger partial charge in [-0.1, -0.05) is 20.8 Å². The van der Waals surface area contributed by atoms with Crippen LogP contribution in [0.1, 0.15) is 36.9 Å². The number of halogens is 1. The maximum atomic E-state index is 11.8. The molecule has 0 fully saturated rings. The normalized spacial score (nSPS) is 11.5. The zero-order chi connectivity index (χ0) is 11.5. The Hall–Kier alpha value is -0.350. The van der Waals surface area contributed by atoms with Crippen LogP contribution in [-0.4, -0.2) is 12.5 Å². The van der Waals surface area contributed by atoms with Gasteiger partial charge < -0.3 is 5.32 Å². The van der Waals surface area contributed by atoms with Gasteiger partial charge in [0.1, 0.15) is 4.88 Å². The van der Waals surface area contributed by atoms with Gasteiger partial charge in [0.15, 0.2) is 0 Å². The molecule has 1 aromatic heterocycles. The summed E-state index contributed by atoms with van der Waals surface area (Å²) >= 11 is 4.81. The van der Waals surface area contributed by atoms with Crippen LogP contribution in [0.4, 0.5) is 0 Å². The molecule has 0 aliphatic heterocycles. The highest BCUT2D eigenvalue weighted by atomic mass is 79.9. The van der Waals surface area contributed by atoms with E-state index in [4.69, 9.17) is 0 Å². The van der Waals surface area contributed by atoms with Crippen molar-refractivity contribution in [2.24, 2.45) is 5.41 Å². The highest BCUT2D eigenvalue weighted by Gasteiger charge is 2.18. The molecule has 0 aliphatic rings. The third kappa shape index (κ3) is 3.61. The molecule has 1 aromatic rings. The maximum Gasteiger partial charge on any atom is 0.262 e. The van der Waals surface area contributed by atoms with Gasteiger partial charge >= 0.3 is 0 Å². The van der Waals surface area contributed by atoms with E-state index in [0.717, 1.165) is 15.8 Å². The van der Waals surface area contributed by atoms with E-state index in [1.165, 1.54) is 11.3 Å². The largest absolute Gasteiger partial charge is 0.351 e. The van der Waals surface area contributed by atoms with E-state index >= 15 is 0 Å². The highest BCUT2D eigenvalue weighted by molar-refractivity contribution is 9.10. The number of hydrogen-bond donors (Lipinski definition) is 1. The molecule has 1 amide bonds. The van der Waals surface area contributed by atoms with E-state index in [9.17, 15) is 4.79 Å². The smallest absolute Gasteiger partial charge is 0.262 e. The second-order valence-corrected chi connectivity index (χ2v) is 6.07. The summed E-state index contributed by atoms with van der Waals surface area (Å²) in [6.45, 7) is 7.15. The summed E-state index contributed by atoms with van der Waals surface area (Å²) in [5, 5.41) is 4.87. The van der Waals surface area contributed by atoms with Crippen molar-refractivity contribution >= 4 is 33.2 Å². The second-order valence-electron chi connectivity index (χ2n) is 4.30. The minimum Gasteiger partial charge on any atom is -0.351 e. The standard InChI is InChI=1S/C11H16BrNOS/c1-4-11(2,3)7-13-10(14)9-8(12)5-6-15-9/h5-6H,4,7H2,1-3H3,(H,13,14). The topological polar surface area (TPSA) is 29.1 Å². The van der Waals surface area contributed by atoms with Gasteiger partial charge in [-0.2, -0.15) is 0 Å². The lowest BCUT2D eigenvalue weighted by atomic mass is 9.90. The van der Waals surface area contributed by atoms with Crippen molar-refractivity contribution in [3.63, 3.8) is 0 Å². The Balaban J connectivity index is 2.55. The Bertz CT molecular complexity index is 346. The fourth-order valence-electron chi connectivity index (χ4n) is 0.981. The second kappa shape index (κ2) is 5.12. The van der Waals surface area contributed by atoms with E-state index < -0.39 is 0 Å². The third-order valence-electron chi connectivity index (χ3n) is 2.51. The Kier molecular flexibility index (Phi) is 4.34. The molecule has 84 valence electrons. The van der Waals surface area contributed by atoms with Crippen LogP contribution < -0.4 is 5.32 Å². The molecule has 0 unspecified atom stereocenters. The van der Waals surface area contributed by atoms with E-state index in [1.54, 1.807) is 0 Å². The van der Waals surface area contributed by atoms with Crippen LogP contribution in [0.3, 0.4) is 0 Å². The number of carbonyl (C=O) groups excluding carboxylic acids is 1.